The van der Waals surface area contributed by atoms with Crippen LogP contribution in [0.2, 0.25) is 10.0 Å². The van der Waals surface area contributed by atoms with Crippen molar-refractivity contribution in [1.82, 2.24) is 5.43 Å². The largest absolute Gasteiger partial charge is 0.422 e. The van der Waals surface area contributed by atoms with Crippen LogP contribution < -0.4 is 14.9 Å². The zero-order chi connectivity index (χ0) is 28.0. The Morgan fingerprint density at radius 2 is 1.51 bits per heavy atom. The zero-order valence-electron chi connectivity index (χ0n) is 19.8. The number of para-hydroxylation sites is 1. The van der Waals surface area contributed by atoms with Crippen molar-refractivity contribution >= 4 is 72.9 Å². The van der Waals surface area contributed by atoms with Gasteiger partial charge in [0.15, 0.2) is 0 Å². The molecule has 0 aliphatic rings. The molecule has 1 amide bonds. The number of nitrogens with one attached hydrogen (secondary N) is 2. The molecule has 8 nitrogen and oxygen atoms in total. The van der Waals surface area contributed by atoms with E-state index in [9.17, 15) is 18.0 Å². The van der Waals surface area contributed by atoms with Gasteiger partial charge in [-0.1, -0.05) is 51.3 Å². The third-order valence-corrected chi connectivity index (χ3v) is 7.54. The fraction of sp³-hybridized carbons (Fsp3) is 0. The zero-order valence-corrected chi connectivity index (χ0v) is 23.7. The summed E-state index contributed by atoms with van der Waals surface area (Å²) in [6.45, 7) is 0. The molecule has 198 valence electrons. The highest BCUT2D eigenvalue weighted by Crippen LogP contribution is 2.24. The smallest absolute Gasteiger partial charge is 0.343 e. The predicted octanol–water partition coefficient (Wildman–Crippen LogP) is 6.54. The summed E-state index contributed by atoms with van der Waals surface area (Å²) in [6, 6.07) is 22.8. The molecule has 4 aromatic carbocycles. The number of esters is 1. The Kier molecular flexibility index (Phi) is 9.03. The van der Waals surface area contributed by atoms with Crippen LogP contribution in [0, 0.1) is 0 Å². The summed E-state index contributed by atoms with van der Waals surface area (Å²) >= 11 is 15.1. The quantitative estimate of drug-likeness (QED) is 0.0977. The maximum atomic E-state index is 12.9. The number of rotatable bonds is 8. The Hall–Kier alpha value is -3.70. The van der Waals surface area contributed by atoms with Gasteiger partial charge < -0.3 is 4.74 Å². The molecule has 0 heterocycles. The second-order valence-corrected chi connectivity index (χ2v) is 11.4. The minimum Gasteiger partial charge on any atom is -0.422 e. The molecule has 0 saturated carbocycles. The van der Waals surface area contributed by atoms with Crippen LogP contribution in [0.15, 0.2) is 105 Å². The Balaban J connectivity index is 1.50. The minimum absolute atomic E-state index is 0.0181. The molecule has 39 heavy (non-hydrogen) atoms. The summed E-state index contributed by atoms with van der Waals surface area (Å²) in [6.07, 6.45) is 1.30. The number of hydrogen-bond donors (Lipinski definition) is 2. The van der Waals surface area contributed by atoms with E-state index >= 15 is 0 Å². The number of hydrogen-bond acceptors (Lipinski definition) is 6. The molecule has 0 unspecified atom stereocenters. The Morgan fingerprint density at radius 1 is 0.872 bits per heavy atom. The number of carbonyl (C=O) groups is 2. The number of carbonyl (C=O) groups excluding carboxylic acids is 2. The van der Waals surface area contributed by atoms with Crippen molar-refractivity contribution in [2.45, 2.75) is 4.90 Å². The van der Waals surface area contributed by atoms with Crippen LogP contribution in [0.5, 0.6) is 5.75 Å². The number of ether oxygens (including phenoxy) is 1. The van der Waals surface area contributed by atoms with Crippen LogP contribution in [-0.4, -0.2) is 26.5 Å². The Bertz CT molecular complexity index is 1660. The van der Waals surface area contributed by atoms with Gasteiger partial charge in [-0.05, 0) is 78.9 Å². The van der Waals surface area contributed by atoms with Crippen LogP contribution in [0.25, 0.3) is 0 Å². The highest BCUT2D eigenvalue weighted by atomic mass is 79.9. The topological polar surface area (TPSA) is 114 Å². The molecular formula is C27H18BrCl2N3O5S. The Morgan fingerprint density at radius 3 is 2.21 bits per heavy atom. The molecule has 2 N–H and O–H groups in total. The SMILES string of the molecule is O=C(Oc1ccc(Br)cc1/C=N\NC(=O)c1ccccc1NS(=O)(=O)c1ccc(Cl)cc1)c1ccc(Cl)cc1. The summed E-state index contributed by atoms with van der Waals surface area (Å²) in [5.41, 5.74) is 3.15. The summed E-state index contributed by atoms with van der Waals surface area (Å²) < 4.78 is 34.2. The average Bonchev–Trinajstić information content (AvgIpc) is 2.90. The number of halogens is 3. The second-order valence-electron chi connectivity index (χ2n) is 7.88. The molecule has 0 spiro atoms. The van der Waals surface area contributed by atoms with Crippen molar-refractivity contribution in [2.75, 3.05) is 4.72 Å². The van der Waals surface area contributed by atoms with Crippen molar-refractivity contribution < 1.29 is 22.7 Å². The van der Waals surface area contributed by atoms with Crippen molar-refractivity contribution in [2.24, 2.45) is 5.10 Å². The van der Waals surface area contributed by atoms with Crippen LogP contribution >= 0.6 is 39.1 Å². The van der Waals surface area contributed by atoms with Gasteiger partial charge in [-0.3, -0.25) is 9.52 Å². The molecule has 0 saturated heterocycles. The molecule has 0 radical (unpaired) electrons. The summed E-state index contributed by atoms with van der Waals surface area (Å²) in [7, 11) is -3.98. The normalized spacial score (nSPS) is 11.3. The fourth-order valence-corrected chi connectivity index (χ4v) is 4.98. The number of benzene rings is 4. The number of sulfonamides is 1. The van der Waals surface area contributed by atoms with Gasteiger partial charge in [0, 0.05) is 20.1 Å². The first kappa shape index (κ1) is 28.3. The monoisotopic (exact) mass is 645 g/mol. The fourth-order valence-electron chi connectivity index (χ4n) is 3.27. The number of amides is 1. The number of hydrazone groups is 1. The van der Waals surface area contributed by atoms with Gasteiger partial charge in [-0.15, -0.1) is 0 Å². The van der Waals surface area contributed by atoms with E-state index < -0.39 is 21.9 Å². The van der Waals surface area contributed by atoms with Crippen molar-refractivity contribution in [3.8, 4) is 5.75 Å². The van der Waals surface area contributed by atoms with Gasteiger partial charge in [-0.25, -0.2) is 18.6 Å². The molecule has 0 aromatic heterocycles. The molecule has 0 fully saturated rings. The molecule has 4 rings (SSSR count). The molecule has 0 aliphatic heterocycles. The standard InChI is InChI=1S/C27H18BrCl2N3O5S/c28-19-7-14-25(38-27(35)17-5-8-20(29)9-6-17)18(15-19)16-31-32-26(34)23-3-1-2-4-24(23)33-39(36,37)22-12-10-21(30)11-13-22/h1-16,33H,(H,32,34)/b31-16-. The summed E-state index contributed by atoms with van der Waals surface area (Å²) in [5, 5.41) is 4.84. The van der Waals surface area contributed by atoms with Crippen LogP contribution in [0.4, 0.5) is 5.69 Å². The highest BCUT2D eigenvalue weighted by molar-refractivity contribution is 9.10. The first-order chi connectivity index (χ1) is 18.6. The van der Waals surface area contributed by atoms with E-state index in [0.717, 1.165) is 0 Å². The molecule has 0 bridgehead atoms. The third kappa shape index (κ3) is 7.45. The molecular weight excluding hydrogens is 629 g/mol. The second kappa shape index (κ2) is 12.4. The maximum Gasteiger partial charge on any atom is 0.343 e. The van der Waals surface area contributed by atoms with E-state index in [0.29, 0.717) is 25.6 Å². The van der Waals surface area contributed by atoms with E-state index in [1.165, 1.54) is 54.7 Å². The molecule has 4 aromatic rings. The highest BCUT2D eigenvalue weighted by Gasteiger charge is 2.19. The average molecular weight is 647 g/mol. The van der Waals surface area contributed by atoms with Crippen LogP contribution in [0.3, 0.4) is 0 Å². The lowest BCUT2D eigenvalue weighted by molar-refractivity contribution is 0.0734. The van der Waals surface area contributed by atoms with E-state index in [4.69, 9.17) is 27.9 Å². The summed E-state index contributed by atoms with van der Waals surface area (Å²) in [4.78, 5) is 25.4. The van der Waals surface area contributed by atoms with Gasteiger partial charge in [0.1, 0.15) is 5.75 Å². The lowest BCUT2D eigenvalue weighted by Gasteiger charge is -2.12. The molecule has 12 heteroatoms. The van der Waals surface area contributed by atoms with E-state index in [1.54, 1.807) is 42.5 Å². The molecule has 0 aliphatic carbocycles. The van der Waals surface area contributed by atoms with Gasteiger partial charge in [0.05, 0.1) is 27.9 Å². The first-order valence-electron chi connectivity index (χ1n) is 11.1. The Labute approximate surface area is 242 Å². The number of nitrogens with zero attached hydrogens (tertiary/aromatic N) is 1. The van der Waals surface area contributed by atoms with E-state index in [1.807, 2.05) is 0 Å². The first-order valence-corrected chi connectivity index (χ1v) is 14.1. The van der Waals surface area contributed by atoms with Crippen molar-refractivity contribution in [1.29, 1.82) is 0 Å². The lowest BCUT2D eigenvalue weighted by atomic mass is 10.2. The third-order valence-electron chi connectivity index (χ3n) is 5.16. The maximum absolute atomic E-state index is 12.9. The van der Waals surface area contributed by atoms with Crippen LogP contribution in [-0.2, 0) is 10.0 Å². The van der Waals surface area contributed by atoms with Gasteiger partial charge in [0.25, 0.3) is 15.9 Å². The van der Waals surface area contributed by atoms with Gasteiger partial charge >= 0.3 is 5.97 Å². The van der Waals surface area contributed by atoms with Crippen molar-refractivity contribution in [3.63, 3.8) is 0 Å². The number of anilines is 1. The molecule has 0 atom stereocenters. The lowest BCUT2D eigenvalue weighted by Crippen LogP contribution is -2.21. The van der Waals surface area contributed by atoms with Gasteiger partial charge in [-0.2, -0.15) is 5.10 Å². The minimum atomic E-state index is -3.98. The van der Waals surface area contributed by atoms with E-state index in [-0.39, 0.29) is 21.9 Å². The van der Waals surface area contributed by atoms with E-state index in [2.05, 4.69) is 31.2 Å². The van der Waals surface area contributed by atoms with Gasteiger partial charge in [0.2, 0.25) is 0 Å². The predicted molar refractivity (Wildman–Crippen MR) is 154 cm³/mol. The van der Waals surface area contributed by atoms with Crippen LogP contribution in [0.1, 0.15) is 26.3 Å². The summed E-state index contributed by atoms with van der Waals surface area (Å²) in [5.74, 6) is -1.07. The van der Waals surface area contributed by atoms with Crippen molar-refractivity contribution in [3.05, 3.63) is 122 Å².